The van der Waals surface area contributed by atoms with Gasteiger partial charge in [-0.1, -0.05) is 188 Å². The molecule has 0 bridgehead atoms. The third kappa shape index (κ3) is 6.70. The van der Waals surface area contributed by atoms with Crippen molar-refractivity contribution in [1.82, 2.24) is 0 Å². The summed E-state index contributed by atoms with van der Waals surface area (Å²) < 4.78 is 6.54. The Bertz CT molecular complexity index is 3640. The SMILES string of the molecule is c1ccc(-c2ccc(-c3ccc(N(c4ccc(-c5ccc6ccccc6c5)cc4)c4ccccc4-c4ccc5oc6c7ccccc7ccc6c5c4)cc3)cc2-c2ccccc2)cc1. The van der Waals surface area contributed by atoms with Gasteiger partial charge in [-0.2, -0.15) is 0 Å². The van der Waals surface area contributed by atoms with Crippen LogP contribution in [0, 0.1) is 0 Å². The molecular weight excluding hydrogens is 775 g/mol. The Hall–Kier alpha value is -8.46. The lowest BCUT2D eigenvalue weighted by atomic mass is 9.91. The third-order valence-corrected chi connectivity index (χ3v) is 12.7. The normalized spacial score (nSPS) is 11.4. The lowest BCUT2D eigenvalue weighted by Gasteiger charge is -2.28. The van der Waals surface area contributed by atoms with E-state index in [1.54, 1.807) is 0 Å². The molecule has 2 heteroatoms. The highest BCUT2D eigenvalue weighted by Crippen LogP contribution is 2.44. The molecule has 0 spiro atoms. The van der Waals surface area contributed by atoms with Crippen LogP contribution in [0.15, 0.2) is 253 Å². The van der Waals surface area contributed by atoms with Crippen LogP contribution in [0.25, 0.3) is 99.1 Å². The van der Waals surface area contributed by atoms with E-state index in [0.29, 0.717) is 0 Å². The maximum Gasteiger partial charge on any atom is 0.143 e. The summed E-state index contributed by atoms with van der Waals surface area (Å²) in [5, 5.41) is 7.01. The number of anilines is 3. The fourth-order valence-electron chi connectivity index (χ4n) is 9.44. The van der Waals surface area contributed by atoms with E-state index in [0.717, 1.165) is 61.1 Å². The van der Waals surface area contributed by atoms with Gasteiger partial charge in [0.15, 0.2) is 0 Å². The van der Waals surface area contributed by atoms with E-state index >= 15 is 0 Å². The van der Waals surface area contributed by atoms with E-state index in [2.05, 4.69) is 254 Å². The van der Waals surface area contributed by atoms with Gasteiger partial charge in [0.05, 0.1) is 5.69 Å². The van der Waals surface area contributed by atoms with Gasteiger partial charge in [-0.15, -0.1) is 0 Å². The molecule has 0 aliphatic rings. The molecule has 0 aliphatic carbocycles. The van der Waals surface area contributed by atoms with Gasteiger partial charge in [0.25, 0.3) is 0 Å². The van der Waals surface area contributed by atoms with Crippen molar-refractivity contribution in [2.45, 2.75) is 0 Å². The Kier molecular flexibility index (Phi) is 9.20. The highest BCUT2D eigenvalue weighted by molar-refractivity contribution is 6.15. The number of nitrogens with zero attached hydrogens (tertiary/aromatic N) is 1. The van der Waals surface area contributed by atoms with E-state index in [9.17, 15) is 0 Å². The Labute approximate surface area is 372 Å². The number of benzene rings is 11. The second-order valence-electron chi connectivity index (χ2n) is 16.5. The molecule has 0 atom stereocenters. The second kappa shape index (κ2) is 15.8. The van der Waals surface area contributed by atoms with Crippen LogP contribution in [0.1, 0.15) is 0 Å². The lowest BCUT2D eigenvalue weighted by molar-refractivity contribution is 0.672. The van der Waals surface area contributed by atoms with Crippen LogP contribution in [0.5, 0.6) is 0 Å². The highest BCUT2D eigenvalue weighted by Gasteiger charge is 2.20. The summed E-state index contributed by atoms with van der Waals surface area (Å²) in [6, 6.07) is 89.7. The Morgan fingerprint density at radius 2 is 0.812 bits per heavy atom. The van der Waals surface area contributed by atoms with E-state index in [-0.39, 0.29) is 0 Å². The topological polar surface area (TPSA) is 16.4 Å². The molecule has 1 heterocycles. The molecule has 2 nitrogen and oxygen atoms in total. The smallest absolute Gasteiger partial charge is 0.143 e. The minimum atomic E-state index is 0.886. The maximum absolute atomic E-state index is 6.54. The fourth-order valence-corrected chi connectivity index (χ4v) is 9.44. The molecule has 0 saturated heterocycles. The van der Waals surface area contributed by atoms with Gasteiger partial charge in [0.2, 0.25) is 0 Å². The van der Waals surface area contributed by atoms with Crippen molar-refractivity contribution in [1.29, 1.82) is 0 Å². The van der Waals surface area contributed by atoms with Crippen LogP contribution in [0.2, 0.25) is 0 Å². The predicted molar refractivity (Wildman–Crippen MR) is 271 cm³/mol. The molecule has 0 saturated carbocycles. The minimum absolute atomic E-state index is 0.886. The molecule has 0 fully saturated rings. The van der Waals surface area contributed by atoms with E-state index in [1.807, 2.05) is 0 Å². The maximum atomic E-state index is 6.54. The highest BCUT2D eigenvalue weighted by atomic mass is 16.3. The first kappa shape index (κ1) is 37.3. The van der Waals surface area contributed by atoms with Gasteiger partial charge in [-0.25, -0.2) is 0 Å². The first-order chi connectivity index (χ1) is 31.7. The molecule has 0 unspecified atom stereocenters. The van der Waals surface area contributed by atoms with Crippen LogP contribution in [-0.2, 0) is 0 Å². The average Bonchev–Trinajstić information content (AvgIpc) is 3.76. The molecule has 64 heavy (non-hydrogen) atoms. The first-order valence-electron chi connectivity index (χ1n) is 21.9. The third-order valence-electron chi connectivity index (χ3n) is 12.7. The van der Waals surface area contributed by atoms with Crippen LogP contribution < -0.4 is 4.90 Å². The molecule has 12 aromatic rings. The van der Waals surface area contributed by atoms with Gasteiger partial charge in [0, 0.05) is 33.1 Å². The van der Waals surface area contributed by atoms with Crippen molar-refractivity contribution in [3.63, 3.8) is 0 Å². The predicted octanol–water partition coefficient (Wildman–Crippen LogP) is 17.7. The van der Waals surface area contributed by atoms with Gasteiger partial charge in [-0.05, 0) is 127 Å². The molecule has 0 radical (unpaired) electrons. The van der Waals surface area contributed by atoms with Crippen molar-refractivity contribution < 1.29 is 4.42 Å². The number of fused-ring (bicyclic) bond motifs is 6. The number of para-hydroxylation sites is 1. The van der Waals surface area contributed by atoms with Crippen molar-refractivity contribution in [3.05, 3.63) is 249 Å². The molecule has 0 aliphatic heterocycles. The fraction of sp³-hybridized carbons (Fsp3) is 0. The van der Waals surface area contributed by atoms with E-state index in [4.69, 9.17) is 4.42 Å². The minimum Gasteiger partial charge on any atom is -0.455 e. The standard InChI is InChI=1S/C62H41NO/c1-3-14-45(15-4-1)54-36-30-50(40-58(54)46-16-5-2-6-17-46)44-27-34-53(35-28-44)63(52-32-25-43(26-33-52)49-24-23-42-13-7-8-19-48(42)39-49)60-22-12-11-20-55(60)51-31-38-61-59(41-51)57-37-29-47-18-9-10-21-56(47)62(57)64-61/h1-41H. The van der Waals surface area contributed by atoms with Crippen LogP contribution in [-0.4, -0.2) is 0 Å². The summed E-state index contributed by atoms with van der Waals surface area (Å²) >= 11 is 0. The molecule has 0 amide bonds. The summed E-state index contributed by atoms with van der Waals surface area (Å²) in [5.41, 5.74) is 16.8. The van der Waals surface area contributed by atoms with Crippen molar-refractivity contribution in [2.75, 3.05) is 4.90 Å². The summed E-state index contributed by atoms with van der Waals surface area (Å²) in [4.78, 5) is 2.39. The van der Waals surface area contributed by atoms with Crippen LogP contribution in [0.4, 0.5) is 17.1 Å². The second-order valence-corrected chi connectivity index (χ2v) is 16.5. The van der Waals surface area contributed by atoms with E-state index in [1.165, 1.54) is 55.1 Å². The molecule has 12 rings (SSSR count). The largest absolute Gasteiger partial charge is 0.455 e. The molecular formula is C62H41NO. The lowest BCUT2D eigenvalue weighted by Crippen LogP contribution is -2.11. The van der Waals surface area contributed by atoms with Crippen molar-refractivity contribution in [2.24, 2.45) is 0 Å². The van der Waals surface area contributed by atoms with Crippen molar-refractivity contribution in [3.8, 4) is 55.6 Å². The monoisotopic (exact) mass is 815 g/mol. The zero-order chi connectivity index (χ0) is 42.4. The average molecular weight is 816 g/mol. The summed E-state index contributed by atoms with van der Waals surface area (Å²) in [6.07, 6.45) is 0. The molecule has 0 N–H and O–H groups in total. The number of furan rings is 1. The van der Waals surface area contributed by atoms with Gasteiger partial charge >= 0.3 is 0 Å². The quantitative estimate of drug-likeness (QED) is 0.152. The summed E-state index contributed by atoms with van der Waals surface area (Å²) in [5.74, 6) is 0. The summed E-state index contributed by atoms with van der Waals surface area (Å²) in [6.45, 7) is 0. The van der Waals surface area contributed by atoms with Crippen LogP contribution in [0.3, 0.4) is 0 Å². The zero-order valence-corrected chi connectivity index (χ0v) is 35.0. The Morgan fingerprint density at radius 1 is 0.266 bits per heavy atom. The zero-order valence-electron chi connectivity index (χ0n) is 35.0. The number of hydrogen-bond acceptors (Lipinski definition) is 2. The Balaban J connectivity index is 0.976. The van der Waals surface area contributed by atoms with Gasteiger partial charge in [-0.3, -0.25) is 0 Å². The van der Waals surface area contributed by atoms with Crippen molar-refractivity contribution >= 4 is 60.5 Å². The molecule has 1 aromatic heterocycles. The number of hydrogen-bond donors (Lipinski definition) is 0. The number of rotatable bonds is 8. The van der Waals surface area contributed by atoms with E-state index < -0.39 is 0 Å². The molecule has 11 aromatic carbocycles. The van der Waals surface area contributed by atoms with Gasteiger partial charge < -0.3 is 9.32 Å². The van der Waals surface area contributed by atoms with Gasteiger partial charge in [0.1, 0.15) is 11.2 Å². The Morgan fingerprint density at radius 3 is 1.55 bits per heavy atom. The first-order valence-corrected chi connectivity index (χ1v) is 21.9. The van der Waals surface area contributed by atoms with Crippen LogP contribution >= 0.6 is 0 Å². The molecule has 300 valence electrons. The summed E-state index contributed by atoms with van der Waals surface area (Å²) in [7, 11) is 0.